The molecule has 1 fully saturated rings. The Morgan fingerprint density at radius 3 is 2.31 bits per heavy atom. The van der Waals surface area contributed by atoms with Gasteiger partial charge >= 0.3 is 5.69 Å². The molecule has 0 spiro atoms. The topological polar surface area (TPSA) is 77.2 Å². The van der Waals surface area contributed by atoms with Gasteiger partial charge < -0.3 is 4.90 Å². The summed E-state index contributed by atoms with van der Waals surface area (Å²) in [5.41, 5.74) is 2.03. The average Bonchev–Trinajstić information content (AvgIpc) is 2.87. The van der Waals surface area contributed by atoms with Crippen molar-refractivity contribution < 1.29 is 4.79 Å². The predicted octanol–water partition coefficient (Wildman–Crippen LogP) is 4.28. The second-order valence-corrected chi connectivity index (χ2v) is 9.81. The van der Waals surface area contributed by atoms with Gasteiger partial charge in [-0.25, -0.2) is 4.79 Å². The fourth-order valence-corrected chi connectivity index (χ4v) is 4.72. The monoisotopic (exact) mass is 474 g/mol. The molecule has 1 aliphatic rings. The molecule has 0 N–H and O–H groups in total. The molecule has 2 aromatic carbocycles. The molecule has 0 unspecified atom stereocenters. The van der Waals surface area contributed by atoms with Gasteiger partial charge in [0.25, 0.3) is 11.5 Å². The summed E-state index contributed by atoms with van der Waals surface area (Å²) in [6.45, 7) is 6.21. The molecule has 4 rings (SSSR count). The van der Waals surface area contributed by atoms with Crippen molar-refractivity contribution in [3.05, 3.63) is 91.8 Å². The Morgan fingerprint density at radius 2 is 1.69 bits per heavy atom. The maximum atomic E-state index is 13.5. The lowest BCUT2D eigenvalue weighted by Crippen LogP contribution is -2.48. The number of carbonyl (C=O) groups excluding carboxylic acids is 1. The van der Waals surface area contributed by atoms with E-state index in [0.717, 1.165) is 53.4 Å². The summed E-state index contributed by atoms with van der Waals surface area (Å²) in [7, 11) is 1.73. The molecule has 35 heavy (non-hydrogen) atoms. The summed E-state index contributed by atoms with van der Waals surface area (Å²) in [4.78, 5) is 42.2. The lowest BCUT2D eigenvalue weighted by molar-refractivity contribution is 0.0684. The lowest BCUT2D eigenvalue weighted by atomic mass is 9.94. The molecule has 0 aliphatic heterocycles. The summed E-state index contributed by atoms with van der Waals surface area (Å²) < 4.78 is 2.32. The molecule has 0 atom stereocenters. The molecular weight excluding hydrogens is 440 g/mol. The van der Waals surface area contributed by atoms with Gasteiger partial charge in [0.05, 0.1) is 12.2 Å². The quantitative estimate of drug-likeness (QED) is 0.534. The van der Waals surface area contributed by atoms with Crippen LogP contribution in [0.4, 0.5) is 0 Å². The zero-order valence-electron chi connectivity index (χ0n) is 21.0. The van der Waals surface area contributed by atoms with E-state index >= 15 is 0 Å². The van der Waals surface area contributed by atoms with Crippen LogP contribution in [0.25, 0.3) is 5.69 Å². The van der Waals surface area contributed by atoms with E-state index in [4.69, 9.17) is 0 Å². The highest BCUT2D eigenvalue weighted by Gasteiger charge is 2.28. The van der Waals surface area contributed by atoms with Gasteiger partial charge in [0.1, 0.15) is 0 Å². The molecule has 1 aromatic heterocycles. The SMILES string of the molecule is Cc1ccccc1Cn1c(=O)c(C(=O)N(C)C2CCCCC2)nn(-c2ccc(C(C)C)cc2)c1=O. The summed E-state index contributed by atoms with van der Waals surface area (Å²) in [6.07, 6.45) is 5.12. The third kappa shape index (κ3) is 5.14. The first kappa shape index (κ1) is 24.6. The zero-order chi connectivity index (χ0) is 25.1. The van der Waals surface area contributed by atoms with Crippen molar-refractivity contribution in [2.45, 2.75) is 71.4 Å². The standard InChI is InChI=1S/C28H34N4O3/c1-19(2)21-14-16-24(17-15-21)32-28(35)31(18-22-11-9-8-10-20(22)3)27(34)25(29-32)26(33)30(4)23-12-6-5-7-13-23/h8-11,14-17,19,23H,5-7,12-13,18H2,1-4H3. The van der Waals surface area contributed by atoms with Crippen LogP contribution in [-0.4, -0.2) is 38.2 Å². The van der Waals surface area contributed by atoms with Crippen molar-refractivity contribution in [2.75, 3.05) is 7.05 Å². The summed E-state index contributed by atoms with van der Waals surface area (Å²) in [6, 6.07) is 15.2. The van der Waals surface area contributed by atoms with Gasteiger partial charge in [0.15, 0.2) is 0 Å². The predicted molar refractivity (Wildman–Crippen MR) is 137 cm³/mol. The number of amides is 1. The molecule has 7 nitrogen and oxygen atoms in total. The normalized spacial score (nSPS) is 14.3. The average molecular weight is 475 g/mol. The van der Waals surface area contributed by atoms with E-state index in [2.05, 4.69) is 18.9 Å². The van der Waals surface area contributed by atoms with E-state index < -0.39 is 17.2 Å². The highest BCUT2D eigenvalue weighted by atomic mass is 16.2. The first-order chi connectivity index (χ1) is 16.8. The Kier molecular flexibility index (Phi) is 7.34. The van der Waals surface area contributed by atoms with E-state index in [9.17, 15) is 14.4 Å². The first-order valence-corrected chi connectivity index (χ1v) is 12.4. The van der Waals surface area contributed by atoms with Crippen molar-refractivity contribution in [1.29, 1.82) is 0 Å². The maximum Gasteiger partial charge on any atom is 0.352 e. The number of nitrogens with zero attached hydrogens (tertiary/aromatic N) is 4. The Morgan fingerprint density at radius 1 is 1.03 bits per heavy atom. The fraction of sp³-hybridized carbons (Fsp3) is 0.429. The van der Waals surface area contributed by atoms with Crippen LogP contribution >= 0.6 is 0 Å². The van der Waals surface area contributed by atoms with Crippen LogP contribution < -0.4 is 11.2 Å². The van der Waals surface area contributed by atoms with Gasteiger partial charge in [-0.2, -0.15) is 9.78 Å². The second-order valence-electron chi connectivity index (χ2n) is 9.81. The Balaban J connectivity index is 1.84. The van der Waals surface area contributed by atoms with Crippen LogP contribution in [0.1, 0.15) is 79.0 Å². The van der Waals surface area contributed by atoms with Gasteiger partial charge in [-0.05, 0) is 54.5 Å². The summed E-state index contributed by atoms with van der Waals surface area (Å²) in [5, 5.41) is 4.34. The minimum absolute atomic E-state index is 0.0738. The van der Waals surface area contributed by atoms with E-state index in [1.807, 2.05) is 55.5 Å². The first-order valence-electron chi connectivity index (χ1n) is 12.4. The van der Waals surface area contributed by atoms with Crippen molar-refractivity contribution >= 4 is 5.91 Å². The fourth-order valence-electron chi connectivity index (χ4n) is 4.72. The van der Waals surface area contributed by atoms with E-state index in [1.54, 1.807) is 11.9 Å². The molecule has 1 amide bonds. The minimum atomic E-state index is -0.652. The summed E-state index contributed by atoms with van der Waals surface area (Å²) in [5.74, 6) is -0.0991. The molecule has 1 aliphatic carbocycles. The van der Waals surface area contributed by atoms with Crippen LogP contribution in [0, 0.1) is 6.92 Å². The highest BCUT2D eigenvalue weighted by Crippen LogP contribution is 2.22. The molecular formula is C28H34N4O3. The number of hydrogen-bond donors (Lipinski definition) is 0. The van der Waals surface area contributed by atoms with Crippen molar-refractivity contribution in [3.8, 4) is 5.69 Å². The van der Waals surface area contributed by atoms with Crippen molar-refractivity contribution in [3.63, 3.8) is 0 Å². The Bertz CT molecular complexity index is 1320. The smallest absolute Gasteiger partial charge is 0.337 e. The maximum absolute atomic E-state index is 13.5. The summed E-state index contributed by atoms with van der Waals surface area (Å²) >= 11 is 0. The van der Waals surface area contributed by atoms with Crippen LogP contribution in [0.2, 0.25) is 0 Å². The molecule has 184 valence electrons. The number of rotatable bonds is 6. The lowest BCUT2D eigenvalue weighted by Gasteiger charge is -2.30. The highest BCUT2D eigenvalue weighted by molar-refractivity contribution is 5.91. The molecule has 0 radical (unpaired) electrons. The Hall–Kier alpha value is -3.48. The number of carbonyl (C=O) groups is 1. The number of benzene rings is 2. The van der Waals surface area contributed by atoms with Gasteiger partial charge in [-0.1, -0.05) is 69.5 Å². The third-order valence-corrected chi connectivity index (χ3v) is 7.10. The molecule has 7 heteroatoms. The van der Waals surface area contributed by atoms with E-state index in [1.165, 1.54) is 4.68 Å². The minimum Gasteiger partial charge on any atom is -0.337 e. The molecule has 1 saturated carbocycles. The van der Waals surface area contributed by atoms with Crippen LogP contribution in [-0.2, 0) is 6.54 Å². The van der Waals surface area contributed by atoms with E-state index in [-0.39, 0.29) is 18.3 Å². The van der Waals surface area contributed by atoms with Crippen LogP contribution in [0.15, 0.2) is 58.1 Å². The number of aryl methyl sites for hydroxylation is 1. The van der Waals surface area contributed by atoms with Gasteiger partial charge in [0, 0.05) is 13.1 Å². The van der Waals surface area contributed by atoms with Gasteiger partial charge in [0.2, 0.25) is 5.69 Å². The number of hydrogen-bond acceptors (Lipinski definition) is 4. The molecule has 1 heterocycles. The van der Waals surface area contributed by atoms with Crippen LogP contribution in [0.5, 0.6) is 0 Å². The number of aromatic nitrogens is 3. The zero-order valence-corrected chi connectivity index (χ0v) is 21.0. The van der Waals surface area contributed by atoms with Crippen molar-refractivity contribution in [2.24, 2.45) is 0 Å². The van der Waals surface area contributed by atoms with Gasteiger partial charge in [-0.3, -0.25) is 14.2 Å². The largest absolute Gasteiger partial charge is 0.352 e. The molecule has 0 saturated heterocycles. The molecule has 3 aromatic rings. The molecule has 0 bridgehead atoms. The second kappa shape index (κ2) is 10.4. The van der Waals surface area contributed by atoms with Crippen molar-refractivity contribution in [1.82, 2.24) is 19.2 Å². The third-order valence-electron chi connectivity index (χ3n) is 7.10. The van der Waals surface area contributed by atoms with Gasteiger partial charge in [-0.15, -0.1) is 0 Å². The Labute approximate surface area is 206 Å². The van der Waals surface area contributed by atoms with Crippen LogP contribution in [0.3, 0.4) is 0 Å². The van der Waals surface area contributed by atoms with E-state index in [0.29, 0.717) is 11.6 Å².